The molecule has 0 radical (unpaired) electrons. The summed E-state index contributed by atoms with van der Waals surface area (Å²) in [5.41, 5.74) is 0.573. The number of nitrogen functional groups attached to an aromatic ring is 1. The fourth-order valence-corrected chi connectivity index (χ4v) is 10.5. The van der Waals surface area contributed by atoms with Gasteiger partial charge in [0, 0.05) is 28.0 Å². The maximum atomic E-state index is 17.9. The monoisotopic (exact) mass is 721 g/mol. The van der Waals surface area contributed by atoms with E-state index in [0.717, 1.165) is 0 Å². The van der Waals surface area contributed by atoms with Crippen LogP contribution in [0.3, 0.4) is 0 Å². The number of aliphatic hydroxyl groups excluding tert-OH is 1. The van der Waals surface area contributed by atoms with Crippen LogP contribution in [0.5, 0.6) is 11.5 Å². The van der Waals surface area contributed by atoms with Crippen LogP contribution in [0.2, 0.25) is 18.1 Å². The van der Waals surface area contributed by atoms with Gasteiger partial charge >= 0.3 is 0 Å². The summed E-state index contributed by atoms with van der Waals surface area (Å²) in [6.07, 6.45) is -1.19. The second-order valence-electron chi connectivity index (χ2n) is 17.1. The lowest BCUT2D eigenvalue weighted by Gasteiger charge is -2.63. The number of ketones is 2. The second-order valence-corrected chi connectivity index (χ2v) is 21.9. The molecule has 10 atom stereocenters. The van der Waals surface area contributed by atoms with Gasteiger partial charge in [-0.15, -0.1) is 0 Å². The largest absolute Gasteiger partial charge is 0.457 e. The topological polar surface area (TPSA) is 117 Å². The Kier molecular flexibility index (Phi) is 8.43. The number of aliphatic hydroxyl groups is 1. The van der Waals surface area contributed by atoms with Gasteiger partial charge < -0.3 is 29.5 Å². The van der Waals surface area contributed by atoms with Crippen LogP contribution in [0.15, 0.2) is 72.3 Å². The summed E-state index contributed by atoms with van der Waals surface area (Å²) >= 11 is 0. The molecule has 3 saturated carbocycles. The molecule has 1 heterocycles. The van der Waals surface area contributed by atoms with Gasteiger partial charge in [0.15, 0.2) is 37.4 Å². The Morgan fingerprint density at radius 1 is 1.04 bits per heavy atom. The van der Waals surface area contributed by atoms with Crippen molar-refractivity contribution < 1.29 is 42.1 Å². The van der Waals surface area contributed by atoms with Crippen LogP contribution in [0.25, 0.3) is 0 Å². The summed E-state index contributed by atoms with van der Waals surface area (Å²) < 4.78 is 59.9. The van der Waals surface area contributed by atoms with E-state index in [9.17, 15) is 14.7 Å². The van der Waals surface area contributed by atoms with Gasteiger partial charge in [-0.3, -0.25) is 9.59 Å². The highest BCUT2D eigenvalue weighted by molar-refractivity contribution is 6.74. The van der Waals surface area contributed by atoms with Crippen LogP contribution in [0.1, 0.15) is 65.7 Å². The Morgan fingerprint density at radius 3 is 2.29 bits per heavy atom. The molecular formula is C40H49F2NO7Si. The van der Waals surface area contributed by atoms with Gasteiger partial charge in [0.1, 0.15) is 17.7 Å². The number of carbonyl (C=O) groups excluding carboxylic acids is 2. The number of rotatable bonds is 7. The zero-order valence-corrected chi connectivity index (χ0v) is 31.4. The molecule has 2 aromatic rings. The summed E-state index contributed by atoms with van der Waals surface area (Å²) in [5, 5.41) is 11.8. The molecule has 1 aliphatic heterocycles. The predicted octanol–water partition coefficient (Wildman–Crippen LogP) is 7.73. The quantitative estimate of drug-likeness (QED) is 0.221. The van der Waals surface area contributed by atoms with Gasteiger partial charge in [-0.05, 0) is 104 Å². The Balaban J connectivity index is 1.24. The molecule has 0 bridgehead atoms. The van der Waals surface area contributed by atoms with Crippen molar-refractivity contribution in [1.29, 1.82) is 0 Å². The maximum absolute atomic E-state index is 17.9. The third-order valence-corrected chi connectivity index (χ3v) is 17.9. The van der Waals surface area contributed by atoms with Crippen LogP contribution >= 0.6 is 0 Å². The number of halogens is 2. The van der Waals surface area contributed by atoms with E-state index in [0.29, 0.717) is 22.7 Å². The van der Waals surface area contributed by atoms with Crippen molar-refractivity contribution >= 4 is 25.6 Å². The first-order valence-corrected chi connectivity index (χ1v) is 20.8. The number of nitrogens with two attached hydrogens (primary N) is 1. The van der Waals surface area contributed by atoms with Crippen molar-refractivity contribution in [2.24, 2.45) is 22.7 Å². The maximum Gasteiger partial charge on any atom is 0.192 e. The molecule has 51 heavy (non-hydrogen) atoms. The van der Waals surface area contributed by atoms with E-state index in [1.54, 1.807) is 43.3 Å². The van der Waals surface area contributed by atoms with Gasteiger partial charge in [-0.1, -0.05) is 45.9 Å². The zero-order valence-electron chi connectivity index (χ0n) is 30.4. The molecule has 11 heteroatoms. The van der Waals surface area contributed by atoms with Gasteiger partial charge in [0.25, 0.3) is 0 Å². The van der Waals surface area contributed by atoms with E-state index in [1.807, 2.05) is 19.1 Å². The van der Waals surface area contributed by atoms with E-state index in [1.165, 1.54) is 18.2 Å². The minimum atomic E-state index is -2.39. The number of hydrogen-bond donors (Lipinski definition) is 2. The fraction of sp³-hybridized carbons (Fsp3) is 0.550. The second kappa shape index (κ2) is 11.9. The standard InChI is InChI=1S/C40H49F2NO7Si/c1-36(2,3)51(6,7)47-22-33(46)40-34(49-35(50-40)23-8-12-26(13-9-23)48-27-14-10-24(43)11-15-27)20-28-29-19-31(41)30-18-25(44)16-17-37(30,4)39(29,42)32(45)21-38(28,40)5/h8-18,28-29,31-32,34-35,45H,19-22,43H2,1-7H3/t28-,29-,31-,32-,34+,35?,37-,38-,39-,40+/m0/s1. The Labute approximate surface area is 299 Å². The molecular weight excluding hydrogens is 673 g/mol. The van der Waals surface area contributed by atoms with Crippen molar-refractivity contribution in [2.75, 3.05) is 12.3 Å². The average molecular weight is 722 g/mol. The van der Waals surface area contributed by atoms with Crippen LogP contribution in [0.4, 0.5) is 14.5 Å². The van der Waals surface area contributed by atoms with Gasteiger partial charge in [-0.25, -0.2) is 8.78 Å². The van der Waals surface area contributed by atoms with Crippen LogP contribution in [0, 0.1) is 22.7 Å². The van der Waals surface area contributed by atoms with E-state index in [-0.39, 0.29) is 42.3 Å². The SMILES string of the molecule is CC(C)(C)[Si](C)(C)OCC(=O)[C@@]12OC(c3ccc(Oc4ccc(N)cc4)cc3)O[C@@H]1C[C@H]1[C@@H]3C[C@H](F)C4=CC(=O)C=C[C@]4(C)[C@@]3(F)[C@@H](O)C[C@@]12C. The molecule has 7 rings (SSSR count). The fourth-order valence-electron chi connectivity index (χ4n) is 9.53. The summed E-state index contributed by atoms with van der Waals surface area (Å²) in [6.45, 7) is 13.6. The van der Waals surface area contributed by atoms with Crippen LogP contribution in [-0.2, 0) is 23.5 Å². The Morgan fingerprint density at radius 2 is 1.67 bits per heavy atom. The average Bonchev–Trinajstić information content (AvgIpc) is 3.56. The third-order valence-electron chi connectivity index (χ3n) is 13.4. The lowest BCUT2D eigenvalue weighted by molar-refractivity contribution is -0.235. The summed E-state index contributed by atoms with van der Waals surface area (Å²) in [6, 6.07) is 14.2. The van der Waals surface area contributed by atoms with Crippen LogP contribution in [-0.4, -0.2) is 61.2 Å². The lowest BCUT2D eigenvalue weighted by atomic mass is 9.44. The number of alkyl halides is 2. The molecule has 3 N–H and O–H groups in total. The van der Waals surface area contributed by atoms with E-state index >= 15 is 8.78 Å². The first kappa shape index (κ1) is 36.1. The number of carbonyl (C=O) groups is 2. The van der Waals surface area contributed by atoms with Crippen molar-refractivity contribution in [3.8, 4) is 11.5 Å². The van der Waals surface area contributed by atoms with Gasteiger partial charge in [-0.2, -0.15) is 0 Å². The zero-order chi connectivity index (χ0) is 36.9. The molecule has 274 valence electrons. The molecule has 5 aliphatic rings. The van der Waals surface area contributed by atoms with Crippen molar-refractivity contribution in [3.63, 3.8) is 0 Å². The summed E-state index contributed by atoms with van der Waals surface area (Å²) in [4.78, 5) is 27.1. The first-order valence-electron chi connectivity index (χ1n) is 17.9. The number of allylic oxidation sites excluding steroid dienone is 4. The normalized spacial score (nSPS) is 38.7. The molecule has 0 aromatic heterocycles. The first-order chi connectivity index (χ1) is 23.8. The number of Topliss-reactive ketones (excluding diaryl/α,β-unsaturated/α-hetero) is 1. The van der Waals surface area contributed by atoms with E-state index in [2.05, 4.69) is 33.9 Å². The molecule has 2 aromatic carbocycles. The molecule has 4 aliphatic carbocycles. The number of anilines is 1. The Bertz CT molecular complexity index is 1790. The van der Waals surface area contributed by atoms with E-state index in [4.69, 9.17) is 24.4 Å². The summed E-state index contributed by atoms with van der Waals surface area (Å²) in [5.74, 6) is -1.08. The van der Waals surface area contributed by atoms with Gasteiger partial charge in [0.05, 0.1) is 18.8 Å². The molecule has 0 amide bonds. The smallest absolute Gasteiger partial charge is 0.192 e. The minimum absolute atomic E-state index is 0.0551. The van der Waals surface area contributed by atoms with E-state index < -0.39 is 72.7 Å². The predicted molar refractivity (Wildman–Crippen MR) is 191 cm³/mol. The number of fused-ring (bicyclic) bond motifs is 7. The van der Waals surface area contributed by atoms with Crippen molar-refractivity contribution in [3.05, 3.63) is 77.9 Å². The molecule has 0 spiro atoms. The molecule has 1 unspecified atom stereocenters. The number of hydrogen-bond acceptors (Lipinski definition) is 8. The van der Waals surface area contributed by atoms with Crippen LogP contribution < -0.4 is 10.5 Å². The minimum Gasteiger partial charge on any atom is -0.457 e. The highest BCUT2D eigenvalue weighted by atomic mass is 28.4. The molecule has 8 nitrogen and oxygen atoms in total. The molecule has 4 fully saturated rings. The highest BCUT2D eigenvalue weighted by Crippen LogP contribution is 2.72. The van der Waals surface area contributed by atoms with Gasteiger partial charge in [0.2, 0.25) is 0 Å². The van der Waals surface area contributed by atoms with Crippen molar-refractivity contribution in [1.82, 2.24) is 0 Å². The number of benzene rings is 2. The lowest BCUT2D eigenvalue weighted by Crippen LogP contribution is -2.71. The summed E-state index contributed by atoms with van der Waals surface area (Å²) in [7, 11) is -2.39. The third kappa shape index (κ3) is 5.24. The Hall–Kier alpha value is -3.22. The van der Waals surface area contributed by atoms with Crippen molar-refractivity contribution in [2.45, 2.75) is 108 Å². The highest BCUT2D eigenvalue weighted by Gasteiger charge is 2.80. The number of ether oxygens (including phenoxy) is 3. The molecule has 1 saturated heterocycles.